The van der Waals surface area contributed by atoms with Gasteiger partial charge in [-0.2, -0.15) is 13.2 Å². The molecule has 0 unspecified atom stereocenters. The van der Waals surface area contributed by atoms with E-state index >= 15 is 0 Å². The number of halogens is 4. The van der Waals surface area contributed by atoms with Crippen LogP contribution in [0.3, 0.4) is 0 Å². The van der Waals surface area contributed by atoms with Crippen LogP contribution >= 0.6 is 0 Å². The lowest BCUT2D eigenvalue weighted by Gasteiger charge is -2.27. The van der Waals surface area contributed by atoms with Gasteiger partial charge < -0.3 is 19.3 Å². The number of pyridine rings is 1. The number of fused-ring (bicyclic) bond motifs is 1. The molecule has 0 saturated carbocycles. The van der Waals surface area contributed by atoms with Crippen LogP contribution < -0.4 is 9.64 Å². The van der Waals surface area contributed by atoms with E-state index in [1.807, 2.05) is 0 Å². The number of rotatable bonds is 5. The van der Waals surface area contributed by atoms with Crippen LogP contribution in [-0.2, 0) is 11.3 Å². The maximum absolute atomic E-state index is 13.8. The minimum atomic E-state index is -4.61. The normalized spacial score (nSPS) is 15.6. The molecular weight excluding hydrogens is 494 g/mol. The number of aromatic nitrogens is 1. The van der Waals surface area contributed by atoms with E-state index < -0.39 is 18.6 Å². The number of carbonyl (C=O) groups is 2. The number of nitrogens with zero attached hydrogens (tertiary/aromatic N) is 3. The first-order valence-corrected chi connectivity index (χ1v) is 11.5. The molecule has 1 fully saturated rings. The van der Waals surface area contributed by atoms with Gasteiger partial charge in [0.25, 0.3) is 11.8 Å². The topological polar surface area (TPSA) is 72.0 Å². The summed E-state index contributed by atoms with van der Waals surface area (Å²) in [6, 6.07) is 11.4. The Morgan fingerprint density at radius 3 is 2.46 bits per heavy atom. The lowest BCUT2D eigenvalue weighted by Crippen LogP contribution is -2.40. The average molecular weight is 515 g/mol. The summed E-state index contributed by atoms with van der Waals surface area (Å²) in [5.41, 5.74) is 2.19. The molecule has 1 aromatic heterocycles. The lowest BCUT2D eigenvalue weighted by atomic mass is 10.0. The predicted molar refractivity (Wildman–Crippen MR) is 125 cm³/mol. The molecule has 0 aliphatic carbocycles. The third-order valence-corrected chi connectivity index (χ3v) is 6.16. The second-order valence-electron chi connectivity index (χ2n) is 8.57. The molecule has 11 heteroatoms. The second-order valence-corrected chi connectivity index (χ2v) is 8.57. The van der Waals surface area contributed by atoms with Crippen molar-refractivity contribution in [1.29, 1.82) is 0 Å². The quantitative estimate of drug-likeness (QED) is 0.470. The van der Waals surface area contributed by atoms with Crippen LogP contribution in [-0.4, -0.2) is 60.8 Å². The molecule has 37 heavy (non-hydrogen) atoms. The minimum Gasteiger partial charge on any atom is -0.483 e. The molecule has 2 aliphatic heterocycles. The van der Waals surface area contributed by atoms with E-state index in [0.717, 1.165) is 12.1 Å². The maximum atomic E-state index is 13.8. The van der Waals surface area contributed by atoms with Gasteiger partial charge in [0, 0.05) is 53.3 Å². The largest absolute Gasteiger partial charge is 0.483 e. The Kier molecular flexibility index (Phi) is 6.55. The molecular formula is C26H21F4N3O4. The van der Waals surface area contributed by atoms with Crippen LogP contribution in [0.4, 0.5) is 23.2 Å². The summed E-state index contributed by atoms with van der Waals surface area (Å²) in [4.78, 5) is 33.4. The Morgan fingerprint density at radius 1 is 1.03 bits per heavy atom. The highest BCUT2D eigenvalue weighted by Gasteiger charge is 2.33. The van der Waals surface area contributed by atoms with Gasteiger partial charge in [-0.25, -0.2) is 4.39 Å². The zero-order valence-corrected chi connectivity index (χ0v) is 19.4. The predicted octanol–water partition coefficient (Wildman–Crippen LogP) is 4.46. The van der Waals surface area contributed by atoms with Gasteiger partial charge >= 0.3 is 6.18 Å². The molecule has 1 saturated heterocycles. The van der Waals surface area contributed by atoms with E-state index in [4.69, 9.17) is 9.47 Å². The third kappa shape index (κ3) is 5.12. The molecule has 7 nitrogen and oxygen atoms in total. The molecule has 0 radical (unpaired) electrons. The fourth-order valence-electron chi connectivity index (χ4n) is 4.37. The Balaban J connectivity index is 1.42. The molecule has 2 amide bonds. The number of alkyl halides is 3. The van der Waals surface area contributed by atoms with Crippen LogP contribution in [0.15, 0.2) is 54.7 Å². The Bertz CT molecular complexity index is 1340. The Hall–Kier alpha value is -3.99. The summed E-state index contributed by atoms with van der Waals surface area (Å²) < 4.78 is 62.2. The van der Waals surface area contributed by atoms with Crippen molar-refractivity contribution in [1.82, 2.24) is 9.88 Å². The maximum Gasteiger partial charge on any atom is 0.422 e. The summed E-state index contributed by atoms with van der Waals surface area (Å²) in [5, 5.41) is 0. The number of benzene rings is 2. The highest BCUT2D eigenvalue weighted by atomic mass is 19.4. The van der Waals surface area contributed by atoms with Crippen molar-refractivity contribution in [3.63, 3.8) is 0 Å². The summed E-state index contributed by atoms with van der Waals surface area (Å²) in [7, 11) is 0. The van der Waals surface area contributed by atoms with Crippen molar-refractivity contribution in [2.75, 3.05) is 37.8 Å². The van der Waals surface area contributed by atoms with Crippen LogP contribution in [0.5, 0.6) is 5.75 Å². The summed E-state index contributed by atoms with van der Waals surface area (Å²) in [6.07, 6.45) is -3.24. The molecule has 3 aromatic rings. The average Bonchev–Trinajstić information content (AvgIpc) is 3.24. The SMILES string of the molecule is O=C(c1ccc(N2Cc3c(ccnc3-c3ccc(F)cc3OCC(F)(F)F)C2=O)cc1)N1CCOCC1. The van der Waals surface area contributed by atoms with E-state index in [1.165, 1.54) is 23.2 Å². The molecule has 0 bridgehead atoms. The van der Waals surface area contributed by atoms with Crippen molar-refractivity contribution >= 4 is 17.5 Å². The van der Waals surface area contributed by atoms with Gasteiger partial charge in [0.15, 0.2) is 6.61 Å². The molecule has 0 spiro atoms. The van der Waals surface area contributed by atoms with E-state index in [1.54, 1.807) is 29.2 Å². The zero-order valence-electron chi connectivity index (χ0n) is 19.4. The molecule has 2 aliphatic rings. The van der Waals surface area contributed by atoms with Crippen LogP contribution in [0.25, 0.3) is 11.3 Å². The highest BCUT2D eigenvalue weighted by molar-refractivity contribution is 6.11. The first-order valence-electron chi connectivity index (χ1n) is 11.5. The number of morpholine rings is 1. The molecule has 192 valence electrons. The van der Waals surface area contributed by atoms with Crippen molar-refractivity contribution in [2.45, 2.75) is 12.7 Å². The van der Waals surface area contributed by atoms with Gasteiger partial charge in [-0.05, 0) is 42.5 Å². The lowest BCUT2D eigenvalue weighted by molar-refractivity contribution is -0.153. The van der Waals surface area contributed by atoms with E-state index in [2.05, 4.69) is 4.98 Å². The van der Waals surface area contributed by atoms with Gasteiger partial charge in [0.05, 0.1) is 25.5 Å². The number of amides is 2. The van der Waals surface area contributed by atoms with Crippen LogP contribution in [0.2, 0.25) is 0 Å². The first kappa shape index (κ1) is 24.7. The Morgan fingerprint density at radius 2 is 1.76 bits per heavy atom. The zero-order chi connectivity index (χ0) is 26.2. The number of ether oxygens (including phenoxy) is 2. The fraction of sp³-hybridized carbons (Fsp3) is 0.269. The van der Waals surface area contributed by atoms with Crippen LogP contribution in [0.1, 0.15) is 26.3 Å². The molecule has 3 heterocycles. The van der Waals surface area contributed by atoms with Crippen molar-refractivity contribution in [2.24, 2.45) is 0 Å². The van der Waals surface area contributed by atoms with Gasteiger partial charge in [-0.15, -0.1) is 0 Å². The Labute approximate surface area is 209 Å². The summed E-state index contributed by atoms with van der Waals surface area (Å²) in [5.74, 6) is -1.54. The van der Waals surface area contributed by atoms with Crippen LogP contribution in [0, 0.1) is 5.82 Å². The minimum absolute atomic E-state index is 0.0875. The third-order valence-electron chi connectivity index (χ3n) is 6.16. The highest BCUT2D eigenvalue weighted by Crippen LogP contribution is 2.38. The van der Waals surface area contributed by atoms with E-state index in [-0.39, 0.29) is 35.4 Å². The molecule has 5 rings (SSSR count). The second kappa shape index (κ2) is 9.81. The van der Waals surface area contributed by atoms with Gasteiger partial charge in [0.1, 0.15) is 11.6 Å². The van der Waals surface area contributed by atoms with Gasteiger partial charge in [-0.3, -0.25) is 14.6 Å². The van der Waals surface area contributed by atoms with E-state index in [0.29, 0.717) is 48.7 Å². The number of hydrogen-bond acceptors (Lipinski definition) is 5. The fourth-order valence-corrected chi connectivity index (χ4v) is 4.37. The molecule has 0 atom stereocenters. The number of anilines is 1. The van der Waals surface area contributed by atoms with Gasteiger partial charge in [0.2, 0.25) is 0 Å². The molecule has 0 N–H and O–H groups in total. The van der Waals surface area contributed by atoms with Crippen molar-refractivity contribution < 1.29 is 36.6 Å². The number of carbonyl (C=O) groups excluding carboxylic acids is 2. The summed E-state index contributed by atoms with van der Waals surface area (Å²) >= 11 is 0. The number of hydrogen-bond donors (Lipinski definition) is 0. The van der Waals surface area contributed by atoms with E-state index in [9.17, 15) is 27.2 Å². The van der Waals surface area contributed by atoms with Gasteiger partial charge in [-0.1, -0.05) is 0 Å². The van der Waals surface area contributed by atoms with Crippen molar-refractivity contribution in [3.05, 3.63) is 77.2 Å². The molecule has 2 aromatic carbocycles. The monoisotopic (exact) mass is 515 g/mol. The first-order chi connectivity index (χ1) is 17.7. The smallest absolute Gasteiger partial charge is 0.422 e. The van der Waals surface area contributed by atoms with Crippen molar-refractivity contribution in [3.8, 4) is 17.0 Å². The summed E-state index contributed by atoms with van der Waals surface area (Å²) in [6.45, 7) is 0.474. The standard InChI is InChI=1S/C26H21F4N3O4/c27-17-3-6-20(22(13-17)37-15-26(28,29)30)23-21-14-33(25(35)19(21)7-8-31-23)18-4-1-16(2-5-18)24(34)32-9-11-36-12-10-32/h1-8,13H,9-12,14-15H2.